The number of carbonyl (C=O) groups is 1. The summed E-state index contributed by atoms with van der Waals surface area (Å²) in [6, 6.07) is 3.61. The Hall–Kier alpha value is 0.560. The first kappa shape index (κ1) is 18.6. The first-order valence-corrected chi connectivity index (χ1v) is 9.25. The van der Waals surface area contributed by atoms with Gasteiger partial charge in [-0.1, -0.05) is 0 Å². The molecule has 0 unspecified atom stereocenters. The molecule has 1 aromatic carbocycles. The molecule has 0 aliphatic rings. The minimum atomic E-state index is -3.76. The van der Waals surface area contributed by atoms with Crippen LogP contribution in [0.15, 0.2) is 12.1 Å². The van der Waals surface area contributed by atoms with Crippen LogP contribution in [0.5, 0.6) is 5.75 Å². The Balaban J connectivity index is 0.000000631. The van der Waals surface area contributed by atoms with E-state index in [1.807, 2.05) is 45.2 Å². The van der Waals surface area contributed by atoms with E-state index in [0.29, 0.717) is 6.42 Å². The number of aliphatic carboxylic acids is 1. The predicted octanol–water partition coefficient (Wildman–Crippen LogP) is -3.31. The molecule has 0 aromatic heterocycles. The molecule has 3 N–H and O–H groups in total. The lowest BCUT2D eigenvalue weighted by atomic mass is 10.1. The van der Waals surface area contributed by atoms with Crippen molar-refractivity contribution in [2.24, 2.45) is 0 Å². The van der Waals surface area contributed by atoms with Gasteiger partial charge in [-0.15, -0.1) is 0 Å². The monoisotopic (exact) mass is 594 g/mol. The first-order chi connectivity index (χ1) is 8.23. The van der Waals surface area contributed by atoms with Crippen molar-refractivity contribution in [3.63, 3.8) is 0 Å². The lowest BCUT2D eigenvalue weighted by Gasteiger charge is -2.04. The maximum atomic E-state index is 10.4. The quantitative estimate of drug-likeness (QED) is 0.316. The van der Waals surface area contributed by atoms with Gasteiger partial charge in [0.15, 0.2) is 0 Å². The Morgan fingerprint density at radius 3 is 2.00 bits per heavy atom. The van der Waals surface area contributed by atoms with Gasteiger partial charge < -0.3 is 17.1 Å². The number of hydrogen-bond acceptors (Lipinski definition) is 5. The van der Waals surface area contributed by atoms with Crippen LogP contribution in [0.3, 0.4) is 0 Å². The van der Waals surface area contributed by atoms with E-state index in [1.165, 1.54) is 0 Å². The fourth-order valence-corrected chi connectivity index (χ4v) is 2.91. The Kier molecular flexibility index (Phi) is 9.76. The molecule has 18 heavy (non-hydrogen) atoms. The normalized spacial score (nSPS) is 9.89. The van der Waals surface area contributed by atoms with Gasteiger partial charge in [0.05, 0.1) is 7.14 Å². The number of carboxylic acid groups (broad SMARTS) is 1. The summed E-state index contributed by atoms with van der Waals surface area (Å²) in [6.07, 6.45) is 0.624. The van der Waals surface area contributed by atoms with E-state index in [9.17, 15) is 9.90 Å². The zero-order valence-corrected chi connectivity index (χ0v) is 15.2. The summed E-state index contributed by atoms with van der Waals surface area (Å²) in [5.41, 5.74) is 0.944. The predicted molar refractivity (Wildman–Crippen MR) is 71.7 cm³/mol. The third-order valence-electron chi connectivity index (χ3n) is 1.70. The highest BCUT2D eigenvalue weighted by molar-refractivity contribution is 14.1. The Labute approximate surface area is 139 Å². The van der Waals surface area contributed by atoms with E-state index in [1.54, 1.807) is 12.1 Å². The van der Waals surface area contributed by atoms with Gasteiger partial charge >= 0.3 is 27.0 Å². The van der Waals surface area contributed by atoms with Crippen LogP contribution in [0.2, 0.25) is 0 Å². The molecule has 1 aromatic rings. The van der Waals surface area contributed by atoms with Crippen LogP contribution in [-0.4, -0.2) is 19.6 Å². The number of hydrogen-bond donors (Lipinski definition) is 3. The van der Waals surface area contributed by atoms with E-state index < -0.39 is 27.0 Å². The second-order valence-electron chi connectivity index (χ2n) is 3.00. The fraction of sp³-hybridized carbons (Fsp3) is 0.222. The molecule has 0 spiro atoms. The van der Waals surface area contributed by atoms with E-state index in [0.717, 1.165) is 12.7 Å². The molecule has 0 fully saturated rings. The summed E-state index contributed by atoms with van der Waals surface area (Å²) in [5.74, 6) is -0.534. The largest absolute Gasteiger partial charge is 0.506 e. The number of aryl methyl sites for hydroxylation is 1. The van der Waals surface area contributed by atoms with Crippen LogP contribution in [-0.2, 0) is 11.2 Å². The molecule has 0 radical (unpaired) electrons. The molecule has 0 saturated carbocycles. The van der Waals surface area contributed by atoms with Crippen molar-refractivity contribution in [3.05, 3.63) is 24.8 Å². The van der Waals surface area contributed by atoms with Gasteiger partial charge in [-0.3, -0.25) is 4.79 Å². The molecule has 0 aliphatic carbocycles. The smallest absolute Gasteiger partial charge is 0.503 e. The fourth-order valence-electron chi connectivity index (χ4n) is 1.01. The maximum Gasteiger partial charge on any atom is 0.503 e. The standard InChI is InChI=1S/C9H8I2O3.HIO3/c10-6-3-5(1-2-8(12)13)4-7(11)9(6)14;2-1(3)4/h3-4,14H,1-2H2,(H,12,13);2H. The summed E-state index contributed by atoms with van der Waals surface area (Å²) in [7, 11) is 0. The zero-order valence-electron chi connectivity index (χ0n) is 8.77. The zero-order chi connectivity index (χ0) is 14.3. The number of aromatic hydroxyl groups is 1. The molecule has 6 nitrogen and oxygen atoms in total. The van der Waals surface area contributed by atoms with Gasteiger partial charge in [0.1, 0.15) is 5.75 Å². The lowest BCUT2D eigenvalue weighted by Crippen LogP contribution is -3.98. The SMILES string of the molecule is O=C(O)CCc1cc(I)c(O)c(I)c1.[O-][I+2]([O-])O. The van der Waals surface area contributed by atoms with Crippen molar-refractivity contribution in [2.75, 3.05) is 0 Å². The summed E-state index contributed by atoms with van der Waals surface area (Å²) in [4.78, 5) is 10.4. The van der Waals surface area contributed by atoms with Crippen LogP contribution < -0.4 is 27.9 Å². The Bertz CT molecular complexity index is 384. The molecular weight excluding hydrogens is 585 g/mol. The van der Waals surface area contributed by atoms with Crippen LogP contribution in [0.25, 0.3) is 0 Å². The van der Waals surface area contributed by atoms with Crippen molar-refractivity contribution in [2.45, 2.75) is 12.8 Å². The van der Waals surface area contributed by atoms with Gasteiger partial charge in [0.2, 0.25) is 0 Å². The number of benzene rings is 1. The van der Waals surface area contributed by atoms with Crippen molar-refractivity contribution in [1.82, 2.24) is 0 Å². The van der Waals surface area contributed by atoms with Gasteiger partial charge in [-0.2, -0.15) is 0 Å². The highest BCUT2D eigenvalue weighted by Gasteiger charge is 2.06. The average Bonchev–Trinajstić information content (AvgIpc) is 2.22. The second-order valence-corrected chi connectivity index (χ2v) is 6.47. The molecule has 0 amide bonds. The van der Waals surface area contributed by atoms with Crippen LogP contribution >= 0.6 is 45.2 Å². The molecule has 0 atom stereocenters. The average molecular weight is 594 g/mol. The third-order valence-corrected chi connectivity index (χ3v) is 3.35. The summed E-state index contributed by atoms with van der Waals surface area (Å²) < 4.78 is 26.0. The molecule has 0 bridgehead atoms. The van der Waals surface area contributed by atoms with Crippen molar-refractivity contribution < 1.29 is 46.4 Å². The van der Waals surface area contributed by atoms with Gasteiger partial charge in [0.25, 0.3) is 0 Å². The maximum absolute atomic E-state index is 10.4. The van der Waals surface area contributed by atoms with E-state index in [2.05, 4.69) is 0 Å². The molecule has 0 heterocycles. The van der Waals surface area contributed by atoms with Gasteiger partial charge in [-0.25, -0.2) is 0 Å². The Morgan fingerprint density at radius 2 is 1.67 bits per heavy atom. The number of carboxylic acids is 1. The van der Waals surface area contributed by atoms with Crippen molar-refractivity contribution in [1.29, 1.82) is 0 Å². The Morgan fingerprint density at radius 1 is 1.28 bits per heavy atom. The first-order valence-electron chi connectivity index (χ1n) is 4.37. The lowest BCUT2D eigenvalue weighted by molar-refractivity contribution is -1.63. The van der Waals surface area contributed by atoms with Crippen molar-refractivity contribution in [3.8, 4) is 5.75 Å². The topological polar surface area (TPSA) is 124 Å². The molecule has 1 rings (SSSR count). The summed E-state index contributed by atoms with van der Waals surface area (Å²) in [6.45, 7) is 0. The minimum absolute atomic E-state index is 0.122. The van der Waals surface area contributed by atoms with Crippen molar-refractivity contribution >= 4 is 51.2 Å². The number of rotatable bonds is 3. The summed E-state index contributed by atoms with van der Waals surface area (Å²) >= 11 is 0.297. The number of phenols is 1. The van der Waals surface area contributed by atoms with Crippen LogP contribution in [0.1, 0.15) is 12.0 Å². The molecule has 0 aliphatic heterocycles. The second kappa shape index (κ2) is 9.46. The highest BCUT2D eigenvalue weighted by atomic mass is 127. The number of phenolic OH excluding ortho intramolecular Hbond substituents is 1. The van der Waals surface area contributed by atoms with Crippen LogP contribution in [0, 0.1) is 7.14 Å². The molecule has 9 heteroatoms. The van der Waals surface area contributed by atoms with E-state index >= 15 is 0 Å². The molecule has 0 saturated heterocycles. The number of halogens is 3. The summed E-state index contributed by atoms with van der Waals surface area (Å²) in [5, 5.41) is 18.0. The van der Waals surface area contributed by atoms with E-state index in [4.69, 9.17) is 15.4 Å². The van der Waals surface area contributed by atoms with Gasteiger partial charge in [-0.05, 0) is 72.7 Å². The van der Waals surface area contributed by atoms with Gasteiger partial charge in [0, 0.05) is 6.42 Å². The molecule has 102 valence electrons. The highest BCUT2D eigenvalue weighted by Crippen LogP contribution is 2.27. The molecular formula is C9H9I3O6. The third kappa shape index (κ3) is 8.63. The van der Waals surface area contributed by atoms with E-state index in [-0.39, 0.29) is 12.2 Å². The minimum Gasteiger partial charge on any atom is -0.506 e. The van der Waals surface area contributed by atoms with Crippen LogP contribution in [0.4, 0.5) is 0 Å².